The zero-order valence-corrected chi connectivity index (χ0v) is 13.2. The van der Waals surface area contributed by atoms with Gasteiger partial charge in [0.1, 0.15) is 12.4 Å². The van der Waals surface area contributed by atoms with E-state index in [0.29, 0.717) is 18.9 Å². The Kier molecular flexibility index (Phi) is 4.68. The van der Waals surface area contributed by atoms with Crippen molar-refractivity contribution in [3.63, 3.8) is 0 Å². The van der Waals surface area contributed by atoms with Gasteiger partial charge in [-0.25, -0.2) is 0 Å². The highest BCUT2D eigenvalue weighted by molar-refractivity contribution is 7.80. The summed E-state index contributed by atoms with van der Waals surface area (Å²) in [4.78, 5) is 13.9. The van der Waals surface area contributed by atoms with Crippen molar-refractivity contribution in [1.82, 2.24) is 0 Å². The first-order valence-electron chi connectivity index (χ1n) is 7.44. The number of thiol groups is 1. The molecule has 1 unspecified atom stereocenters. The van der Waals surface area contributed by atoms with Crippen LogP contribution >= 0.6 is 12.6 Å². The number of ether oxygens (including phenoxy) is 1. The molecule has 0 saturated carbocycles. The molecule has 3 rings (SSSR count). The van der Waals surface area contributed by atoms with Gasteiger partial charge in [0.05, 0.1) is 0 Å². The van der Waals surface area contributed by atoms with E-state index in [1.807, 2.05) is 59.5 Å². The third kappa shape index (κ3) is 3.45. The summed E-state index contributed by atoms with van der Waals surface area (Å²) >= 11 is 4.30. The van der Waals surface area contributed by atoms with Crippen molar-refractivity contribution in [3.8, 4) is 5.75 Å². The second-order valence-corrected chi connectivity index (χ2v) is 5.89. The molecule has 2 aromatic rings. The summed E-state index contributed by atoms with van der Waals surface area (Å²) in [5, 5.41) is 0. The number of amides is 1. The van der Waals surface area contributed by atoms with Crippen LogP contribution < -0.4 is 9.64 Å². The number of hydrogen-bond acceptors (Lipinski definition) is 3. The maximum absolute atomic E-state index is 12.1. The van der Waals surface area contributed by atoms with Crippen LogP contribution in [-0.4, -0.2) is 18.2 Å². The van der Waals surface area contributed by atoms with E-state index in [1.54, 1.807) is 0 Å². The molecule has 1 aliphatic heterocycles. The maximum atomic E-state index is 12.1. The lowest BCUT2D eigenvalue weighted by molar-refractivity contribution is -0.117. The second-order valence-electron chi connectivity index (χ2n) is 5.53. The largest absolute Gasteiger partial charge is 0.489 e. The lowest BCUT2D eigenvalue weighted by Gasteiger charge is -2.17. The summed E-state index contributed by atoms with van der Waals surface area (Å²) in [5.74, 6) is 2.03. The van der Waals surface area contributed by atoms with Gasteiger partial charge in [-0.1, -0.05) is 36.4 Å². The lowest BCUT2D eigenvalue weighted by atomic mass is 10.1. The van der Waals surface area contributed by atoms with Crippen LogP contribution in [0.5, 0.6) is 5.75 Å². The monoisotopic (exact) mass is 313 g/mol. The number of hydrogen-bond donors (Lipinski definition) is 1. The van der Waals surface area contributed by atoms with Crippen molar-refractivity contribution in [2.75, 3.05) is 17.2 Å². The maximum Gasteiger partial charge on any atom is 0.227 e. The Morgan fingerprint density at radius 3 is 2.68 bits per heavy atom. The molecule has 1 atom stereocenters. The van der Waals surface area contributed by atoms with Crippen LogP contribution in [0.2, 0.25) is 0 Å². The minimum Gasteiger partial charge on any atom is -0.489 e. The van der Waals surface area contributed by atoms with Crippen LogP contribution in [0.15, 0.2) is 54.6 Å². The standard InChI is InChI=1S/C18H19NO2S/c20-18-9-15(13-22)11-19(18)16-7-4-8-17(10-16)21-12-14-5-2-1-3-6-14/h1-8,10,15,22H,9,11-13H2. The number of nitrogens with zero attached hydrogens (tertiary/aromatic N) is 1. The SMILES string of the molecule is O=C1CC(CS)CN1c1cccc(OCc2ccccc2)c1. The van der Waals surface area contributed by atoms with Gasteiger partial charge >= 0.3 is 0 Å². The third-order valence-corrected chi connectivity index (χ3v) is 4.36. The molecular weight excluding hydrogens is 294 g/mol. The van der Waals surface area contributed by atoms with Gasteiger partial charge in [-0.15, -0.1) is 0 Å². The average molecular weight is 313 g/mol. The molecule has 22 heavy (non-hydrogen) atoms. The normalized spacial score (nSPS) is 17.8. The average Bonchev–Trinajstić information content (AvgIpc) is 2.95. The number of rotatable bonds is 5. The molecule has 1 fully saturated rings. The Morgan fingerprint density at radius 2 is 1.95 bits per heavy atom. The molecule has 2 aromatic carbocycles. The Labute approximate surface area is 136 Å². The summed E-state index contributed by atoms with van der Waals surface area (Å²) in [6.07, 6.45) is 0.582. The van der Waals surface area contributed by atoms with E-state index < -0.39 is 0 Å². The summed E-state index contributed by atoms with van der Waals surface area (Å²) < 4.78 is 5.83. The van der Waals surface area contributed by atoms with E-state index >= 15 is 0 Å². The first-order chi connectivity index (χ1) is 10.8. The van der Waals surface area contributed by atoms with Crippen molar-refractivity contribution in [2.24, 2.45) is 5.92 Å². The molecule has 1 saturated heterocycles. The molecule has 0 spiro atoms. The molecule has 1 amide bonds. The molecule has 3 nitrogen and oxygen atoms in total. The van der Waals surface area contributed by atoms with Crippen LogP contribution in [0.1, 0.15) is 12.0 Å². The summed E-state index contributed by atoms with van der Waals surface area (Å²) in [6, 6.07) is 17.8. The number of anilines is 1. The molecule has 0 aliphatic carbocycles. The first kappa shape index (κ1) is 15.0. The minimum atomic E-state index is 0.166. The van der Waals surface area contributed by atoms with Gasteiger partial charge in [-0.05, 0) is 29.4 Å². The minimum absolute atomic E-state index is 0.166. The van der Waals surface area contributed by atoms with Crippen molar-refractivity contribution in [2.45, 2.75) is 13.0 Å². The highest BCUT2D eigenvalue weighted by atomic mass is 32.1. The van der Waals surface area contributed by atoms with Crippen LogP contribution in [0.3, 0.4) is 0 Å². The van der Waals surface area contributed by atoms with Gasteiger partial charge in [-0.2, -0.15) is 12.6 Å². The Morgan fingerprint density at radius 1 is 1.14 bits per heavy atom. The predicted molar refractivity (Wildman–Crippen MR) is 91.5 cm³/mol. The predicted octanol–water partition coefficient (Wildman–Crippen LogP) is 3.55. The topological polar surface area (TPSA) is 29.5 Å². The van der Waals surface area contributed by atoms with Crippen LogP contribution in [0.4, 0.5) is 5.69 Å². The van der Waals surface area contributed by atoms with E-state index in [-0.39, 0.29) is 5.91 Å². The molecular formula is C18H19NO2S. The zero-order valence-electron chi connectivity index (χ0n) is 12.3. The van der Waals surface area contributed by atoms with Crippen molar-refractivity contribution in [3.05, 3.63) is 60.2 Å². The highest BCUT2D eigenvalue weighted by Crippen LogP contribution is 2.28. The number of carbonyl (C=O) groups excluding carboxylic acids is 1. The smallest absolute Gasteiger partial charge is 0.227 e. The molecule has 1 aliphatic rings. The van der Waals surface area contributed by atoms with Crippen molar-refractivity contribution >= 4 is 24.2 Å². The van der Waals surface area contributed by atoms with E-state index in [1.165, 1.54) is 0 Å². The first-order valence-corrected chi connectivity index (χ1v) is 8.07. The fourth-order valence-corrected chi connectivity index (χ4v) is 2.88. The summed E-state index contributed by atoms with van der Waals surface area (Å²) in [7, 11) is 0. The molecule has 0 aromatic heterocycles. The van der Waals surface area contributed by atoms with E-state index in [0.717, 1.165) is 29.3 Å². The number of benzene rings is 2. The van der Waals surface area contributed by atoms with Gasteiger partial charge in [0.2, 0.25) is 5.91 Å². The van der Waals surface area contributed by atoms with Gasteiger partial charge in [0.25, 0.3) is 0 Å². The van der Waals surface area contributed by atoms with Crippen molar-refractivity contribution < 1.29 is 9.53 Å². The fourth-order valence-electron chi connectivity index (χ4n) is 2.64. The van der Waals surface area contributed by atoms with Gasteiger partial charge in [0, 0.05) is 24.7 Å². The molecule has 0 N–H and O–H groups in total. The number of carbonyl (C=O) groups is 1. The van der Waals surface area contributed by atoms with E-state index in [4.69, 9.17) is 4.74 Å². The van der Waals surface area contributed by atoms with Crippen LogP contribution in [0.25, 0.3) is 0 Å². The molecule has 114 valence electrons. The van der Waals surface area contributed by atoms with Crippen molar-refractivity contribution in [1.29, 1.82) is 0 Å². The van der Waals surface area contributed by atoms with Crippen LogP contribution in [0, 0.1) is 5.92 Å². The Hall–Kier alpha value is -1.94. The molecule has 0 radical (unpaired) electrons. The Bertz CT molecular complexity index is 645. The molecule has 4 heteroatoms. The summed E-state index contributed by atoms with van der Waals surface area (Å²) in [6.45, 7) is 1.27. The zero-order chi connectivity index (χ0) is 15.4. The van der Waals surface area contributed by atoms with Crippen LogP contribution in [-0.2, 0) is 11.4 Å². The molecule has 1 heterocycles. The molecule has 0 bridgehead atoms. The second kappa shape index (κ2) is 6.88. The highest BCUT2D eigenvalue weighted by Gasteiger charge is 2.29. The third-order valence-electron chi connectivity index (χ3n) is 3.84. The lowest BCUT2D eigenvalue weighted by Crippen LogP contribution is -2.24. The van der Waals surface area contributed by atoms with E-state index in [9.17, 15) is 4.79 Å². The van der Waals surface area contributed by atoms with Gasteiger partial charge in [0.15, 0.2) is 0 Å². The van der Waals surface area contributed by atoms with Gasteiger partial charge in [-0.3, -0.25) is 4.79 Å². The summed E-state index contributed by atoms with van der Waals surface area (Å²) in [5.41, 5.74) is 2.03. The Balaban J connectivity index is 1.69. The quantitative estimate of drug-likeness (QED) is 0.856. The van der Waals surface area contributed by atoms with Gasteiger partial charge < -0.3 is 9.64 Å². The fraction of sp³-hybridized carbons (Fsp3) is 0.278. The van der Waals surface area contributed by atoms with E-state index in [2.05, 4.69) is 12.6 Å².